The van der Waals surface area contributed by atoms with Crippen molar-refractivity contribution in [2.45, 2.75) is 23.3 Å². The molecule has 2 amide bonds. The zero-order valence-electron chi connectivity index (χ0n) is 12.1. The first-order valence-corrected chi connectivity index (χ1v) is 8.61. The Kier molecular flexibility index (Phi) is 4.42. The normalized spacial score (nSPS) is 26.1. The smallest absolute Gasteiger partial charge is 0.352 e. The Labute approximate surface area is 140 Å². The third-order valence-corrected chi connectivity index (χ3v) is 5.70. The highest BCUT2D eigenvalue weighted by Crippen LogP contribution is 2.41. The molecule has 2 unspecified atom stereocenters. The zero-order chi connectivity index (χ0) is 16.6. The van der Waals surface area contributed by atoms with Gasteiger partial charge in [0.2, 0.25) is 5.91 Å². The van der Waals surface area contributed by atoms with Gasteiger partial charge in [-0.3, -0.25) is 14.5 Å². The van der Waals surface area contributed by atoms with E-state index < -0.39 is 22.8 Å². The van der Waals surface area contributed by atoms with Crippen molar-refractivity contribution in [3.05, 3.63) is 34.2 Å². The number of carbonyl (C=O) groups is 3. The fourth-order valence-electron chi connectivity index (χ4n) is 2.49. The van der Waals surface area contributed by atoms with Gasteiger partial charge in [0.15, 0.2) is 6.10 Å². The van der Waals surface area contributed by atoms with Crippen molar-refractivity contribution in [1.82, 2.24) is 10.2 Å². The second-order valence-corrected chi connectivity index (χ2v) is 7.29. The second-order valence-electron chi connectivity index (χ2n) is 4.99. The van der Waals surface area contributed by atoms with E-state index in [1.54, 1.807) is 0 Å². The Morgan fingerprint density at radius 2 is 2.26 bits per heavy atom. The summed E-state index contributed by atoms with van der Waals surface area (Å²) in [6.07, 6.45) is 0.950. The van der Waals surface area contributed by atoms with Crippen LogP contribution in [0.1, 0.15) is 4.88 Å². The van der Waals surface area contributed by atoms with Crippen molar-refractivity contribution in [2.75, 3.05) is 7.11 Å². The van der Waals surface area contributed by atoms with Gasteiger partial charge in [-0.05, 0) is 17.5 Å². The molecular weight excluding hydrogens is 340 g/mol. The molecule has 0 aliphatic carbocycles. The maximum atomic E-state index is 12.1. The van der Waals surface area contributed by atoms with Crippen molar-refractivity contribution >= 4 is 40.9 Å². The van der Waals surface area contributed by atoms with Gasteiger partial charge in [0.25, 0.3) is 5.91 Å². The number of aliphatic carboxylic acids is 1. The number of rotatable bonds is 5. The summed E-state index contributed by atoms with van der Waals surface area (Å²) in [4.78, 5) is 37.4. The van der Waals surface area contributed by atoms with Crippen LogP contribution in [-0.2, 0) is 25.5 Å². The van der Waals surface area contributed by atoms with Gasteiger partial charge in [0.05, 0.1) is 11.8 Å². The molecule has 0 aromatic carbocycles. The Bertz CT molecular complexity index is 673. The van der Waals surface area contributed by atoms with Crippen LogP contribution in [0, 0.1) is 0 Å². The summed E-state index contributed by atoms with van der Waals surface area (Å²) >= 11 is 2.78. The summed E-state index contributed by atoms with van der Waals surface area (Å²) in [6, 6.07) is 3.73. The molecule has 0 bridgehead atoms. The van der Waals surface area contributed by atoms with Crippen LogP contribution in [0.5, 0.6) is 0 Å². The molecule has 2 N–H and O–H groups in total. The van der Waals surface area contributed by atoms with E-state index in [0.29, 0.717) is 0 Å². The highest BCUT2D eigenvalue weighted by atomic mass is 32.2. The number of thioether (sulfide) groups is 1. The number of carboxylic acid groups (broad SMARTS) is 1. The molecule has 7 nitrogen and oxygen atoms in total. The van der Waals surface area contributed by atoms with Gasteiger partial charge in [-0.25, -0.2) is 4.79 Å². The van der Waals surface area contributed by atoms with E-state index in [-0.39, 0.29) is 23.9 Å². The molecule has 2 aliphatic heterocycles. The summed E-state index contributed by atoms with van der Waals surface area (Å²) < 4.78 is 5.09. The predicted molar refractivity (Wildman–Crippen MR) is 84.7 cm³/mol. The number of nitrogens with one attached hydrogen (secondary N) is 1. The lowest BCUT2D eigenvalue weighted by molar-refractivity contribution is -0.162. The minimum Gasteiger partial charge on any atom is -0.477 e. The number of hydrogen-bond donors (Lipinski definition) is 2. The van der Waals surface area contributed by atoms with Gasteiger partial charge >= 0.3 is 5.97 Å². The van der Waals surface area contributed by atoms with Crippen molar-refractivity contribution in [1.29, 1.82) is 0 Å². The highest BCUT2D eigenvalue weighted by molar-refractivity contribution is 8.00. The van der Waals surface area contributed by atoms with Crippen LogP contribution in [0.2, 0.25) is 0 Å². The van der Waals surface area contributed by atoms with E-state index in [4.69, 9.17) is 4.74 Å². The molecule has 0 saturated carbocycles. The number of ether oxygens (including phenoxy) is 1. The average Bonchev–Trinajstić information content (AvgIpc) is 2.99. The van der Waals surface area contributed by atoms with Crippen LogP contribution in [0.15, 0.2) is 29.3 Å². The first-order chi connectivity index (χ1) is 11.0. The Balaban J connectivity index is 1.72. The molecule has 0 radical (unpaired) electrons. The van der Waals surface area contributed by atoms with Crippen LogP contribution < -0.4 is 5.32 Å². The van der Waals surface area contributed by atoms with Crippen LogP contribution in [0.4, 0.5) is 0 Å². The monoisotopic (exact) mass is 354 g/mol. The van der Waals surface area contributed by atoms with E-state index in [1.165, 1.54) is 41.2 Å². The number of amides is 2. The molecule has 122 valence electrons. The third-order valence-electron chi connectivity index (χ3n) is 3.54. The van der Waals surface area contributed by atoms with Gasteiger partial charge in [-0.15, -0.1) is 23.1 Å². The number of carbonyl (C=O) groups excluding carboxylic acids is 2. The number of nitrogens with zero attached hydrogens (tertiary/aromatic N) is 1. The molecule has 3 atom stereocenters. The maximum Gasteiger partial charge on any atom is 0.352 e. The molecular formula is C14H14N2O5S2. The number of thiophene rings is 1. The lowest BCUT2D eigenvalue weighted by Crippen LogP contribution is -2.66. The van der Waals surface area contributed by atoms with Gasteiger partial charge in [0, 0.05) is 12.0 Å². The molecule has 3 rings (SSSR count). The minimum atomic E-state index is -1.20. The van der Waals surface area contributed by atoms with E-state index in [2.05, 4.69) is 5.32 Å². The van der Waals surface area contributed by atoms with E-state index in [0.717, 1.165) is 4.88 Å². The summed E-state index contributed by atoms with van der Waals surface area (Å²) in [5.41, 5.74) is -0.117. The number of carboxylic acids is 1. The second kappa shape index (κ2) is 6.34. The van der Waals surface area contributed by atoms with Crippen molar-refractivity contribution < 1.29 is 24.2 Å². The number of methoxy groups -OCH3 is 1. The van der Waals surface area contributed by atoms with Crippen molar-refractivity contribution in [3.63, 3.8) is 0 Å². The zero-order valence-corrected chi connectivity index (χ0v) is 13.7. The first-order valence-electron chi connectivity index (χ1n) is 6.79. The van der Waals surface area contributed by atoms with Crippen LogP contribution in [0.25, 0.3) is 0 Å². The van der Waals surface area contributed by atoms with Crippen molar-refractivity contribution in [3.8, 4) is 0 Å². The predicted octanol–water partition coefficient (Wildman–Crippen LogP) is 0.632. The molecule has 1 aromatic heterocycles. The number of fused-ring (bicyclic) bond motifs is 1. The number of β-lactam (4-membered cyclic amide) rings is 1. The molecule has 23 heavy (non-hydrogen) atoms. The van der Waals surface area contributed by atoms with Gasteiger partial charge in [-0.2, -0.15) is 0 Å². The number of hydrogen-bond acceptors (Lipinski definition) is 6. The molecule has 0 spiro atoms. The summed E-state index contributed by atoms with van der Waals surface area (Å²) in [5.74, 6) is -1.77. The summed E-state index contributed by atoms with van der Waals surface area (Å²) in [6.45, 7) is 0. The lowest BCUT2D eigenvalue weighted by Gasteiger charge is -2.48. The quantitative estimate of drug-likeness (QED) is 0.753. The standard InChI is InChI=1S/C14H14N2O5S2/c1-21-11-12(18)16-8(14(19)20)6-10(23-13(11)16)15-9(17)5-7-3-2-4-22-7/h2-4,6,10-11,13H,5H2,1H3,(H,15,17)(H,19,20)/t10?,11?,13-/m1/s1. The van der Waals surface area contributed by atoms with Gasteiger partial charge in [0.1, 0.15) is 11.1 Å². The van der Waals surface area contributed by atoms with Crippen molar-refractivity contribution in [2.24, 2.45) is 0 Å². The molecule has 1 fully saturated rings. The average molecular weight is 354 g/mol. The Morgan fingerprint density at radius 3 is 2.87 bits per heavy atom. The highest BCUT2D eigenvalue weighted by Gasteiger charge is 2.54. The largest absolute Gasteiger partial charge is 0.477 e. The Hall–Kier alpha value is -1.84. The third kappa shape index (κ3) is 2.99. The lowest BCUT2D eigenvalue weighted by atomic mass is 10.1. The summed E-state index contributed by atoms with van der Waals surface area (Å²) in [7, 11) is 1.41. The van der Waals surface area contributed by atoms with E-state index in [9.17, 15) is 19.5 Å². The van der Waals surface area contributed by atoms with Crippen LogP contribution >= 0.6 is 23.1 Å². The van der Waals surface area contributed by atoms with Gasteiger partial charge in [-0.1, -0.05) is 6.07 Å². The van der Waals surface area contributed by atoms with E-state index in [1.807, 2.05) is 17.5 Å². The van der Waals surface area contributed by atoms with Crippen LogP contribution in [0.3, 0.4) is 0 Å². The fraction of sp³-hybridized carbons (Fsp3) is 0.357. The molecule has 9 heteroatoms. The van der Waals surface area contributed by atoms with E-state index >= 15 is 0 Å². The van der Waals surface area contributed by atoms with Gasteiger partial charge < -0.3 is 15.2 Å². The first kappa shape index (κ1) is 16.0. The Morgan fingerprint density at radius 1 is 1.48 bits per heavy atom. The molecule has 1 aromatic rings. The topological polar surface area (TPSA) is 95.9 Å². The van der Waals surface area contributed by atoms with Crippen LogP contribution in [-0.4, -0.2) is 51.8 Å². The fourth-order valence-corrected chi connectivity index (χ4v) is 4.61. The summed E-state index contributed by atoms with van der Waals surface area (Å²) in [5, 5.41) is 13.0. The minimum absolute atomic E-state index is 0.117. The molecule has 1 saturated heterocycles. The molecule has 2 aliphatic rings. The molecule has 3 heterocycles. The SMILES string of the molecule is COC1C(=O)N2C(C(=O)O)=CC(NC(=O)Cc3cccs3)S[C@H]12. The maximum absolute atomic E-state index is 12.1.